The lowest BCUT2D eigenvalue weighted by molar-refractivity contribution is 1.03. The maximum Gasteiger partial charge on any atom is 0.170 e. The number of nitrogens with two attached hydrogens (primary N) is 1. The van der Waals surface area contributed by atoms with Gasteiger partial charge in [0.1, 0.15) is 6.34 Å². The van der Waals surface area contributed by atoms with Crippen molar-refractivity contribution in [3.63, 3.8) is 0 Å². The topological polar surface area (TPSA) is 86.8 Å². The Hall–Kier alpha value is -2.15. The molecule has 96 valence electrons. The highest BCUT2D eigenvalue weighted by Crippen LogP contribution is 2.11. The standard InChI is InChI=1S/C11H16N6S/c1-8(17-15-7-14-12)9-4-3-5-10(6-9)16-11(18)13-2/h3-7H,12H2,1-2H3,(H,14,15)(H2,13,16,18). The second-order valence-electron chi connectivity index (χ2n) is 3.39. The highest BCUT2D eigenvalue weighted by Gasteiger charge is 2.00. The van der Waals surface area contributed by atoms with E-state index in [0.717, 1.165) is 17.0 Å². The third-order valence-electron chi connectivity index (χ3n) is 2.13. The number of benzene rings is 1. The lowest BCUT2D eigenvalue weighted by atomic mass is 10.1. The van der Waals surface area contributed by atoms with Gasteiger partial charge in [0.25, 0.3) is 0 Å². The number of hydrazone groups is 2. The van der Waals surface area contributed by atoms with Crippen LogP contribution in [0.3, 0.4) is 0 Å². The number of anilines is 1. The zero-order valence-electron chi connectivity index (χ0n) is 10.3. The van der Waals surface area contributed by atoms with Crippen molar-refractivity contribution in [2.45, 2.75) is 6.92 Å². The van der Waals surface area contributed by atoms with Crippen LogP contribution in [0.5, 0.6) is 0 Å². The highest BCUT2D eigenvalue weighted by molar-refractivity contribution is 7.80. The first-order valence-corrected chi connectivity index (χ1v) is 5.69. The first kappa shape index (κ1) is 13.9. The van der Waals surface area contributed by atoms with Crippen molar-refractivity contribution in [2.75, 3.05) is 12.4 Å². The van der Waals surface area contributed by atoms with Gasteiger partial charge in [-0.05, 0) is 36.8 Å². The van der Waals surface area contributed by atoms with Crippen LogP contribution in [0, 0.1) is 0 Å². The maximum absolute atomic E-state index is 5.04. The Morgan fingerprint density at radius 1 is 1.44 bits per heavy atom. The van der Waals surface area contributed by atoms with Crippen LogP contribution in [0.1, 0.15) is 12.5 Å². The van der Waals surface area contributed by atoms with Crippen molar-refractivity contribution in [1.29, 1.82) is 0 Å². The molecule has 0 heterocycles. The smallest absolute Gasteiger partial charge is 0.170 e. The zero-order chi connectivity index (χ0) is 13.4. The normalized spacial score (nSPS) is 11.3. The molecule has 0 spiro atoms. The van der Waals surface area contributed by atoms with E-state index in [9.17, 15) is 0 Å². The van der Waals surface area contributed by atoms with Crippen molar-refractivity contribution < 1.29 is 0 Å². The minimum Gasteiger partial charge on any atom is -0.366 e. The SMILES string of the molecule is CNC(=S)Nc1cccc(C(C)=NNC=NN)c1. The number of hydrogen-bond acceptors (Lipinski definition) is 4. The van der Waals surface area contributed by atoms with Crippen LogP contribution in [0.15, 0.2) is 34.5 Å². The van der Waals surface area contributed by atoms with Gasteiger partial charge in [0.2, 0.25) is 0 Å². The van der Waals surface area contributed by atoms with Gasteiger partial charge in [-0.15, -0.1) is 0 Å². The summed E-state index contributed by atoms with van der Waals surface area (Å²) in [6.07, 6.45) is 1.31. The zero-order valence-corrected chi connectivity index (χ0v) is 11.1. The van der Waals surface area contributed by atoms with Crippen molar-refractivity contribution in [3.05, 3.63) is 29.8 Å². The van der Waals surface area contributed by atoms with E-state index in [1.165, 1.54) is 6.34 Å². The molecule has 7 heteroatoms. The molecule has 0 bridgehead atoms. The van der Waals surface area contributed by atoms with Gasteiger partial charge in [-0.3, -0.25) is 5.43 Å². The van der Waals surface area contributed by atoms with Crippen LogP contribution in [-0.2, 0) is 0 Å². The average molecular weight is 264 g/mol. The van der Waals surface area contributed by atoms with Gasteiger partial charge in [-0.25, -0.2) is 0 Å². The molecule has 0 aliphatic rings. The lowest BCUT2D eigenvalue weighted by Gasteiger charge is -2.08. The van der Waals surface area contributed by atoms with Crippen LogP contribution in [0.4, 0.5) is 5.69 Å². The second kappa shape index (κ2) is 7.23. The van der Waals surface area contributed by atoms with Gasteiger partial charge < -0.3 is 16.5 Å². The number of thiocarbonyl (C=S) groups is 1. The van der Waals surface area contributed by atoms with Gasteiger partial charge in [0, 0.05) is 12.7 Å². The molecule has 0 saturated carbocycles. The summed E-state index contributed by atoms with van der Waals surface area (Å²) in [6, 6.07) is 7.75. The Kier molecular flexibility index (Phi) is 5.59. The maximum atomic E-state index is 5.04. The summed E-state index contributed by atoms with van der Waals surface area (Å²) in [6.45, 7) is 1.88. The largest absolute Gasteiger partial charge is 0.366 e. The third kappa shape index (κ3) is 4.38. The molecule has 0 radical (unpaired) electrons. The summed E-state index contributed by atoms with van der Waals surface area (Å²) in [4.78, 5) is 0. The molecule has 0 aliphatic heterocycles. The predicted octanol–water partition coefficient (Wildman–Crippen LogP) is 0.818. The van der Waals surface area contributed by atoms with Crippen LogP contribution < -0.4 is 21.9 Å². The molecule has 6 nitrogen and oxygen atoms in total. The fourth-order valence-electron chi connectivity index (χ4n) is 1.24. The second-order valence-corrected chi connectivity index (χ2v) is 3.80. The van der Waals surface area contributed by atoms with Crippen LogP contribution in [0.2, 0.25) is 0 Å². The summed E-state index contributed by atoms with van der Waals surface area (Å²) in [5, 5.41) is 13.8. The molecule has 1 aromatic carbocycles. The Bertz CT molecular complexity index is 468. The van der Waals surface area contributed by atoms with Crippen molar-refractivity contribution in [2.24, 2.45) is 16.0 Å². The van der Waals surface area contributed by atoms with E-state index in [-0.39, 0.29) is 0 Å². The summed E-state index contributed by atoms with van der Waals surface area (Å²) >= 11 is 5.04. The molecule has 5 N–H and O–H groups in total. The first-order valence-electron chi connectivity index (χ1n) is 5.28. The average Bonchev–Trinajstić information content (AvgIpc) is 2.39. The van der Waals surface area contributed by atoms with E-state index in [1.54, 1.807) is 7.05 Å². The molecular weight excluding hydrogens is 248 g/mol. The van der Waals surface area contributed by atoms with Crippen LogP contribution in [0.25, 0.3) is 0 Å². The molecule has 0 saturated heterocycles. The molecule has 1 rings (SSSR count). The van der Waals surface area contributed by atoms with Crippen molar-refractivity contribution >= 4 is 35.1 Å². The highest BCUT2D eigenvalue weighted by atomic mass is 32.1. The third-order valence-corrected chi connectivity index (χ3v) is 2.44. The molecule has 1 aromatic rings. The van der Waals surface area contributed by atoms with E-state index >= 15 is 0 Å². The first-order chi connectivity index (χ1) is 8.67. The Morgan fingerprint density at radius 3 is 2.89 bits per heavy atom. The predicted molar refractivity (Wildman–Crippen MR) is 79.7 cm³/mol. The summed E-state index contributed by atoms with van der Waals surface area (Å²) in [5.74, 6) is 4.95. The summed E-state index contributed by atoms with van der Waals surface area (Å²) < 4.78 is 0. The van der Waals surface area contributed by atoms with Gasteiger partial charge in [-0.2, -0.15) is 10.2 Å². The quantitative estimate of drug-likeness (QED) is 0.213. The van der Waals surface area contributed by atoms with Crippen molar-refractivity contribution in [1.82, 2.24) is 10.7 Å². The minimum absolute atomic E-state index is 0.565. The Labute approximate surface area is 111 Å². The number of nitrogens with one attached hydrogen (secondary N) is 3. The fraction of sp³-hybridized carbons (Fsp3) is 0.182. The Morgan fingerprint density at radius 2 is 2.22 bits per heavy atom. The fourth-order valence-corrected chi connectivity index (χ4v) is 1.36. The molecule has 0 unspecified atom stereocenters. The monoisotopic (exact) mass is 264 g/mol. The van der Waals surface area contributed by atoms with E-state index < -0.39 is 0 Å². The van der Waals surface area contributed by atoms with Crippen LogP contribution >= 0.6 is 12.2 Å². The van der Waals surface area contributed by atoms with Gasteiger partial charge in [0.05, 0.1) is 5.71 Å². The molecule has 0 amide bonds. The lowest BCUT2D eigenvalue weighted by Crippen LogP contribution is -2.24. The van der Waals surface area contributed by atoms with Gasteiger partial charge in [0.15, 0.2) is 5.11 Å². The minimum atomic E-state index is 0.565. The summed E-state index contributed by atoms with van der Waals surface area (Å²) in [5.41, 5.74) is 5.30. The van der Waals surface area contributed by atoms with E-state index in [0.29, 0.717) is 5.11 Å². The Balaban J connectivity index is 2.81. The molecule has 0 fully saturated rings. The van der Waals surface area contributed by atoms with Gasteiger partial charge >= 0.3 is 0 Å². The van der Waals surface area contributed by atoms with E-state index in [2.05, 4.69) is 26.3 Å². The van der Waals surface area contributed by atoms with Gasteiger partial charge in [-0.1, -0.05) is 12.1 Å². The number of hydrogen-bond donors (Lipinski definition) is 4. The molecular formula is C11H16N6S. The van der Waals surface area contributed by atoms with E-state index in [4.69, 9.17) is 18.1 Å². The van der Waals surface area contributed by atoms with E-state index in [1.807, 2.05) is 31.2 Å². The summed E-state index contributed by atoms with van der Waals surface area (Å²) in [7, 11) is 1.77. The molecule has 0 aliphatic carbocycles. The molecule has 0 atom stereocenters. The number of rotatable bonds is 4. The number of nitrogens with zero attached hydrogens (tertiary/aromatic N) is 2. The molecule has 0 aromatic heterocycles. The van der Waals surface area contributed by atoms with Crippen molar-refractivity contribution in [3.8, 4) is 0 Å². The van der Waals surface area contributed by atoms with Crippen LogP contribution in [-0.4, -0.2) is 24.2 Å². The molecule has 18 heavy (non-hydrogen) atoms.